The summed E-state index contributed by atoms with van der Waals surface area (Å²) in [5, 5.41) is 0.591. The Labute approximate surface area is 126 Å². The molecule has 0 fully saturated rings. The van der Waals surface area contributed by atoms with E-state index in [1.807, 2.05) is 40.8 Å². The van der Waals surface area contributed by atoms with Crippen molar-refractivity contribution in [1.29, 1.82) is 0 Å². The van der Waals surface area contributed by atoms with Crippen LogP contribution in [0.3, 0.4) is 0 Å². The number of benzene rings is 1. The Kier molecular flexibility index (Phi) is 3.46. The molecule has 104 valence electrons. The largest absolute Gasteiger partial charge is 0.366 e. The zero-order valence-electron chi connectivity index (χ0n) is 11.0. The highest BCUT2D eigenvalue weighted by Crippen LogP contribution is 2.26. The van der Waals surface area contributed by atoms with Crippen molar-refractivity contribution in [1.82, 2.24) is 9.38 Å². The van der Waals surface area contributed by atoms with Crippen LogP contribution in [-0.4, -0.2) is 15.3 Å². The van der Waals surface area contributed by atoms with Gasteiger partial charge in [-0.3, -0.25) is 9.20 Å². The van der Waals surface area contributed by atoms with Crippen LogP contribution in [0.5, 0.6) is 0 Å². The van der Waals surface area contributed by atoms with Crippen LogP contribution in [0.2, 0.25) is 5.02 Å². The maximum absolute atomic E-state index is 11.0. The third-order valence-corrected chi connectivity index (χ3v) is 3.30. The average Bonchev–Trinajstić information content (AvgIpc) is 2.84. The van der Waals surface area contributed by atoms with Gasteiger partial charge in [0.1, 0.15) is 5.65 Å². The number of amides is 1. The maximum Gasteiger partial charge on any atom is 0.241 e. The van der Waals surface area contributed by atoms with Gasteiger partial charge in [-0.25, -0.2) is 4.98 Å². The molecule has 0 saturated heterocycles. The molecule has 1 amide bonds. The SMILES string of the molecule is NC(=O)/C=C\c1c(-c2ccccc2)nc2ccc(Cl)cn12. The van der Waals surface area contributed by atoms with Gasteiger partial charge >= 0.3 is 0 Å². The molecule has 2 heterocycles. The molecule has 0 aliphatic heterocycles. The van der Waals surface area contributed by atoms with Crippen LogP contribution in [0.1, 0.15) is 5.69 Å². The zero-order chi connectivity index (χ0) is 14.8. The quantitative estimate of drug-likeness (QED) is 0.755. The summed E-state index contributed by atoms with van der Waals surface area (Å²) in [5.41, 5.74) is 8.44. The monoisotopic (exact) mass is 297 g/mol. The van der Waals surface area contributed by atoms with E-state index in [0.29, 0.717) is 5.02 Å². The number of halogens is 1. The standard InChI is InChI=1S/C16H12ClN3O/c17-12-6-9-15-19-16(11-4-2-1-3-5-11)13(20(15)10-12)7-8-14(18)21/h1-10H,(H2,18,21)/b8-7-. The fourth-order valence-electron chi connectivity index (χ4n) is 2.17. The van der Waals surface area contributed by atoms with Gasteiger partial charge in [-0.15, -0.1) is 0 Å². The molecular weight excluding hydrogens is 286 g/mol. The molecule has 0 saturated carbocycles. The lowest BCUT2D eigenvalue weighted by atomic mass is 10.1. The number of hydrogen-bond donors (Lipinski definition) is 1. The number of primary amides is 1. The Balaban J connectivity index is 2.28. The van der Waals surface area contributed by atoms with E-state index < -0.39 is 5.91 Å². The van der Waals surface area contributed by atoms with E-state index in [0.717, 1.165) is 22.6 Å². The number of fused-ring (bicyclic) bond motifs is 1. The van der Waals surface area contributed by atoms with Gasteiger partial charge in [0.05, 0.1) is 16.4 Å². The van der Waals surface area contributed by atoms with Gasteiger partial charge in [0.2, 0.25) is 5.91 Å². The van der Waals surface area contributed by atoms with Gasteiger partial charge in [-0.1, -0.05) is 41.9 Å². The third kappa shape index (κ3) is 2.66. The average molecular weight is 298 g/mol. The van der Waals surface area contributed by atoms with Crippen molar-refractivity contribution >= 4 is 29.2 Å². The number of nitrogens with two attached hydrogens (primary N) is 1. The maximum atomic E-state index is 11.0. The van der Waals surface area contributed by atoms with E-state index in [-0.39, 0.29) is 0 Å². The van der Waals surface area contributed by atoms with E-state index in [4.69, 9.17) is 17.3 Å². The molecule has 5 heteroatoms. The van der Waals surface area contributed by atoms with Crippen molar-refractivity contribution in [3.8, 4) is 11.3 Å². The van der Waals surface area contributed by atoms with Gasteiger partial charge < -0.3 is 5.73 Å². The number of carbonyl (C=O) groups excluding carboxylic acids is 1. The van der Waals surface area contributed by atoms with Crippen LogP contribution in [0, 0.1) is 0 Å². The highest BCUT2D eigenvalue weighted by atomic mass is 35.5. The van der Waals surface area contributed by atoms with Crippen LogP contribution in [0.4, 0.5) is 0 Å². The van der Waals surface area contributed by atoms with Crippen molar-refractivity contribution in [2.24, 2.45) is 5.73 Å². The molecule has 0 spiro atoms. The van der Waals surface area contributed by atoms with E-state index in [1.54, 1.807) is 18.3 Å². The number of nitrogens with zero attached hydrogens (tertiary/aromatic N) is 2. The summed E-state index contributed by atoms with van der Waals surface area (Å²) >= 11 is 6.04. The summed E-state index contributed by atoms with van der Waals surface area (Å²) in [6.45, 7) is 0. The molecule has 2 aromatic heterocycles. The number of hydrogen-bond acceptors (Lipinski definition) is 2. The predicted octanol–water partition coefficient (Wildman–Crippen LogP) is 3.15. The number of imidazole rings is 1. The number of pyridine rings is 1. The Hall–Kier alpha value is -2.59. The summed E-state index contributed by atoms with van der Waals surface area (Å²) in [5.74, 6) is -0.508. The number of rotatable bonds is 3. The molecule has 0 aliphatic carbocycles. The lowest BCUT2D eigenvalue weighted by molar-refractivity contribution is -0.113. The van der Waals surface area contributed by atoms with Crippen LogP contribution >= 0.6 is 11.6 Å². The highest BCUT2D eigenvalue weighted by molar-refractivity contribution is 6.30. The first-order valence-corrected chi connectivity index (χ1v) is 6.73. The van der Waals surface area contributed by atoms with Crippen molar-refractivity contribution in [2.45, 2.75) is 0 Å². The van der Waals surface area contributed by atoms with Crippen LogP contribution in [-0.2, 0) is 4.79 Å². The summed E-state index contributed by atoms with van der Waals surface area (Å²) in [4.78, 5) is 15.6. The Morgan fingerprint density at radius 3 is 2.67 bits per heavy atom. The Bertz CT molecular complexity index is 837. The molecule has 0 unspecified atom stereocenters. The van der Waals surface area contributed by atoms with E-state index in [1.165, 1.54) is 6.08 Å². The minimum absolute atomic E-state index is 0.508. The number of carbonyl (C=O) groups is 1. The van der Waals surface area contributed by atoms with Crippen LogP contribution in [0.25, 0.3) is 23.0 Å². The lowest BCUT2D eigenvalue weighted by Gasteiger charge is -2.00. The fraction of sp³-hybridized carbons (Fsp3) is 0. The lowest BCUT2D eigenvalue weighted by Crippen LogP contribution is -2.05. The summed E-state index contributed by atoms with van der Waals surface area (Å²) in [7, 11) is 0. The van der Waals surface area contributed by atoms with Gasteiger partial charge in [-0.2, -0.15) is 0 Å². The molecule has 3 rings (SSSR count). The summed E-state index contributed by atoms with van der Waals surface area (Å²) in [6.07, 6.45) is 4.73. The van der Waals surface area contributed by atoms with Crippen molar-refractivity contribution < 1.29 is 4.79 Å². The molecule has 0 aliphatic rings. The molecular formula is C16H12ClN3O. The highest BCUT2D eigenvalue weighted by Gasteiger charge is 2.12. The molecule has 0 atom stereocenters. The first-order chi connectivity index (χ1) is 10.1. The molecule has 1 aromatic carbocycles. The van der Waals surface area contributed by atoms with E-state index >= 15 is 0 Å². The second kappa shape index (κ2) is 5.42. The van der Waals surface area contributed by atoms with Crippen molar-refractivity contribution in [3.05, 3.63) is 65.5 Å². The summed E-state index contributed by atoms with van der Waals surface area (Å²) in [6, 6.07) is 13.4. The molecule has 21 heavy (non-hydrogen) atoms. The zero-order valence-corrected chi connectivity index (χ0v) is 11.8. The second-order valence-corrected chi connectivity index (χ2v) is 4.96. The number of aromatic nitrogens is 2. The normalized spacial score (nSPS) is 11.3. The predicted molar refractivity (Wildman–Crippen MR) is 83.9 cm³/mol. The molecule has 2 N–H and O–H groups in total. The first-order valence-electron chi connectivity index (χ1n) is 6.36. The smallest absolute Gasteiger partial charge is 0.241 e. The topological polar surface area (TPSA) is 60.4 Å². The van der Waals surface area contributed by atoms with Crippen molar-refractivity contribution in [3.63, 3.8) is 0 Å². The van der Waals surface area contributed by atoms with Gasteiger partial charge in [0, 0.05) is 17.8 Å². The second-order valence-electron chi connectivity index (χ2n) is 4.52. The first kappa shape index (κ1) is 13.4. The van der Waals surface area contributed by atoms with Crippen LogP contribution < -0.4 is 5.73 Å². The van der Waals surface area contributed by atoms with E-state index in [9.17, 15) is 4.79 Å². The molecule has 0 bridgehead atoms. The summed E-state index contributed by atoms with van der Waals surface area (Å²) < 4.78 is 1.84. The van der Waals surface area contributed by atoms with Crippen LogP contribution in [0.15, 0.2) is 54.7 Å². The van der Waals surface area contributed by atoms with Gasteiger partial charge in [0.25, 0.3) is 0 Å². The molecule has 4 nitrogen and oxygen atoms in total. The van der Waals surface area contributed by atoms with Gasteiger partial charge in [0.15, 0.2) is 0 Å². The molecule has 0 radical (unpaired) electrons. The van der Waals surface area contributed by atoms with Crippen molar-refractivity contribution in [2.75, 3.05) is 0 Å². The fourth-order valence-corrected chi connectivity index (χ4v) is 2.33. The molecule has 3 aromatic rings. The Morgan fingerprint density at radius 2 is 1.95 bits per heavy atom. The minimum Gasteiger partial charge on any atom is -0.366 e. The van der Waals surface area contributed by atoms with E-state index in [2.05, 4.69) is 4.98 Å². The van der Waals surface area contributed by atoms with Gasteiger partial charge in [-0.05, 0) is 18.2 Å². The third-order valence-electron chi connectivity index (χ3n) is 3.07. The Morgan fingerprint density at radius 1 is 1.19 bits per heavy atom. The minimum atomic E-state index is -0.508.